The molecule has 2 N–H and O–H groups in total. The molecule has 6 heteroatoms. The standard InChI is InChI=1S/C17H25N5O/c1-17(2,23-4)13-20-16(18-3)19-12-14-10-11-22(21-14)15-8-6-5-7-9-15/h5-11H,12-13H2,1-4H3,(H2,18,19,20). The molecule has 1 aromatic heterocycles. The van der Waals surface area contributed by atoms with Gasteiger partial charge in [0.15, 0.2) is 5.96 Å². The Labute approximate surface area is 137 Å². The summed E-state index contributed by atoms with van der Waals surface area (Å²) in [5, 5.41) is 11.1. The van der Waals surface area contributed by atoms with Gasteiger partial charge in [0.05, 0.1) is 23.5 Å². The fraction of sp³-hybridized carbons (Fsp3) is 0.412. The highest BCUT2D eigenvalue weighted by Gasteiger charge is 2.16. The number of hydrogen-bond acceptors (Lipinski definition) is 3. The number of rotatable bonds is 6. The van der Waals surface area contributed by atoms with Crippen molar-refractivity contribution in [1.29, 1.82) is 0 Å². The summed E-state index contributed by atoms with van der Waals surface area (Å²) in [6.45, 7) is 5.32. The lowest BCUT2D eigenvalue weighted by Gasteiger charge is -2.24. The zero-order chi connectivity index (χ0) is 16.7. The van der Waals surface area contributed by atoms with Crippen molar-refractivity contribution in [3.63, 3.8) is 0 Å². The molecule has 124 valence electrons. The zero-order valence-electron chi connectivity index (χ0n) is 14.2. The van der Waals surface area contributed by atoms with Crippen molar-refractivity contribution in [2.75, 3.05) is 20.7 Å². The fourth-order valence-corrected chi connectivity index (χ4v) is 1.94. The van der Waals surface area contributed by atoms with Crippen molar-refractivity contribution >= 4 is 5.96 Å². The van der Waals surface area contributed by atoms with Crippen LogP contribution in [0.2, 0.25) is 0 Å². The first-order chi connectivity index (χ1) is 11.0. The summed E-state index contributed by atoms with van der Waals surface area (Å²) in [5.74, 6) is 0.726. The molecule has 2 rings (SSSR count). The fourth-order valence-electron chi connectivity index (χ4n) is 1.94. The molecule has 0 unspecified atom stereocenters. The molecule has 23 heavy (non-hydrogen) atoms. The van der Waals surface area contributed by atoms with Crippen LogP contribution in [-0.4, -0.2) is 42.0 Å². The minimum Gasteiger partial charge on any atom is -0.377 e. The molecule has 0 amide bonds. The number of nitrogens with zero attached hydrogens (tertiary/aromatic N) is 3. The van der Waals surface area contributed by atoms with Gasteiger partial charge >= 0.3 is 0 Å². The Balaban J connectivity index is 1.89. The molecular weight excluding hydrogens is 290 g/mol. The normalized spacial score (nSPS) is 12.3. The maximum Gasteiger partial charge on any atom is 0.191 e. The Morgan fingerprint density at radius 1 is 1.22 bits per heavy atom. The Morgan fingerprint density at radius 2 is 1.96 bits per heavy atom. The van der Waals surface area contributed by atoms with Crippen LogP contribution in [0, 0.1) is 0 Å². The molecular formula is C17H25N5O. The van der Waals surface area contributed by atoms with Crippen molar-refractivity contribution in [3.8, 4) is 5.69 Å². The maximum absolute atomic E-state index is 5.39. The molecule has 0 aliphatic rings. The third-order valence-electron chi connectivity index (χ3n) is 3.56. The van der Waals surface area contributed by atoms with Gasteiger partial charge in [-0.2, -0.15) is 5.10 Å². The van der Waals surface area contributed by atoms with Crippen LogP contribution < -0.4 is 10.6 Å². The average molecular weight is 315 g/mol. The molecule has 0 spiro atoms. The quantitative estimate of drug-likeness (QED) is 0.632. The summed E-state index contributed by atoms with van der Waals surface area (Å²) in [6, 6.07) is 12.0. The van der Waals surface area contributed by atoms with Crippen LogP contribution in [0.3, 0.4) is 0 Å². The summed E-state index contributed by atoms with van der Waals surface area (Å²) >= 11 is 0. The van der Waals surface area contributed by atoms with E-state index in [4.69, 9.17) is 4.74 Å². The van der Waals surface area contributed by atoms with Gasteiger partial charge < -0.3 is 15.4 Å². The van der Waals surface area contributed by atoms with Crippen molar-refractivity contribution in [1.82, 2.24) is 20.4 Å². The molecule has 0 saturated heterocycles. The van der Waals surface area contributed by atoms with Gasteiger partial charge in [-0.3, -0.25) is 4.99 Å². The van der Waals surface area contributed by atoms with E-state index >= 15 is 0 Å². The minimum atomic E-state index is -0.244. The molecule has 0 radical (unpaired) electrons. The van der Waals surface area contributed by atoms with Crippen LogP contribution in [0.4, 0.5) is 0 Å². The lowest BCUT2D eigenvalue weighted by molar-refractivity contribution is 0.0268. The van der Waals surface area contributed by atoms with Crippen LogP contribution in [0.5, 0.6) is 0 Å². The summed E-state index contributed by atoms with van der Waals surface area (Å²) in [5.41, 5.74) is 1.75. The number of aromatic nitrogens is 2. The number of benzene rings is 1. The van der Waals surface area contributed by atoms with Gasteiger partial charge in [0.25, 0.3) is 0 Å². The second-order valence-electron chi connectivity index (χ2n) is 5.83. The number of ether oxygens (including phenoxy) is 1. The number of hydrogen-bond donors (Lipinski definition) is 2. The largest absolute Gasteiger partial charge is 0.377 e. The van der Waals surface area contributed by atoms with Crippen molar-refractivity contribution in [3.05, 3.63) is 48.3 Å². The van der Waals surface area contributed by atoms with Gasteiger partial charge in [-0.05, 0) is 32.0 Å². The van der Waals surface area contributed by atoms with E-state index < -0.39 is 0 Å². The third kappa shape index (κ3) is 5.10. The van der Waals surface area contributed by atoms with Crippen LogP contribution in [0.25, 0.3) is 5.69 Å². The first kappa shape index (κ1) is 17.0. The number of aliphatic imine (C=N–C) groups is 1. The van der Waals surface area contributed by atoms with E-state index in [0.29, 0.717) is 13.1 Å². The van der Waals surface area contributed by atoms with E-state index in [9.17, 15) is 0 Å². The van der Waals surface area contributed by atoms with Gasteiger partial charge in [0, 0.05) is 26.9 Å². The van der Waals surface area contributed by atoms with E-state index in [1.807, 2.05) is 61.1 Å². The number of nitrogens with one attached hydrogen (secondary N) is 2. The molecule has 2 aromatic rings. The van der Waals surface area contributed by atoms with Crippen molar-refractivity contribution < 1.29 is 4.74 Å². The smallest absolute Gasteiger partial charge is 0.191 e. The predicted molar refractivity (Wildman–Crippen MR) is 92.9 cm³/mol. The van der Waals surface area contributed by atoms with Crippen LogP contribution in [0.1, 0.15) is 19.5 Å². The second-order valence-corrected chi connectivity index (χ2v) is 5.83. The van der Waals surface area contributed by atoms with Crippen LogP contribution in [-0.2, 0) is 11.3 Å². The molecule has 0 aliphatic heterocycles. The van der Waals surface area contributed by atoms with Gasteiger partial charge in [0.2, 0.25) is 0 Å². The van der Waals surface area contributed by atoms with E-state index in [0.717, 1.165) is 17.3 Å². The molecule has 1 aromatic carbocycles. The van der Waals surface area contributed by atoms with E-state index in [1.165, 1.54) is 0 Å². The highest BCUT2D eigenvalue weighted by Crippen LogP contribution is 2.07. The maximum atomic E-state index is 5.39. The second kappa shape index (κ2) is 7.78. The first-order valence-electron chi connectivity index (χ1n) is 7.64. The third-order valence-corrected chi connectivity index (χ3v) is 3.56. The summed E-state index contributed by atoms with van der Waals surface area (Å²) in [6.07, 6.45) is 1.95. The molecule has 0 bridgehead atoms. The Hall–Kier alpha value is -2.34. The van der Waals surface area contributed by atoms with E-state index in [1.54, 1.807) is 14.2 Å². The Morgan fingerprint density at radius 3 is 2.61 bits per heavy atom. The van der Waals surface area contributed by atoms with Gasteiger partial charge in [0.1, 0.15) is 0 Å². The van der Waals surface area contributed by atoms with Gasteiger partial charge in [-0.1, -0.05) is 18.2 Å². The predicted octanol–water partition coefficient (Wildman–Crippen LogP) is 1.96. The van der Waals surface area contributed by atoms with Crippen LogP contribution in [0.15, 0.2) is 47.6 Å². The lowest BCUT2D eigenvalue weighted by Crippen LogP contribution is -2.45. The van der Waals surface area contributed by atoms with E-state index in [-0.39, 0.29) is 5.60 Å². The Bertz CT molecular complexity index is 633. The van der Waals surface area contributed by atoms with Gasteiger partial charge in [-0.15, -0.1) is 0 Å². The number of para-hydroxylation sites is 1. The topological polar surface area (TPSA) is 63.5 Å². The summed E-state index contributed by atoms with van der Waals surface area (Å²) < 4.78 is 7.25. The lowest BCUT2D eigenvalue weighted by atomic mass is 10.1. The molecule has 0 fully saturated rings. The summed E-state index contributed by atoms with van der Waals surface area (Å²) in [7, 11) is 3.45. The molecule has 0 atom stereocenters. The Kier molecular flexibility index (Phi) is 5.76. The first-order valence-corrected chi connectivity index (χ1v) is 7.64. The highest BCUT2D eigenvalue weighted by atomic mass is 16.5. The van der Waals surface area contributed by atoms with Gasteiger partial charge in [-0.25, -0.2) is 4.68 Å². The average Bonchev–Trinajstić information content (AvgIpc) is 3.05. The highest BCUT2D eigenvalue weighted by molar-refractivity contribution is 5.79. The zero-order valence-corrected chi connectivity index (χ0v) is 14.2. The monoisotopic (exact) mass is 315 g/mol. The van der Waals surface area contributed by atoms with E-state index in [2.05, 4.69) is 20.7 Å². The van der Waals surface area contributed by atoms with Crippen LogP contribution >= 0.6 is 0 Å². The molecule has 0 aliphatic carbocycles. The van der Waals surface area contributed by atoms with Crippen molar-refractivity contribution in [2.45, 2.75) is 26.0 Å². The molecule has 1 heterocycles. The molecule has 0 saturated carbocycles. The molecule has 6 nitrogen and oxygen atoms in total. The minimum absolute atomic E-state index is 0.244. The number of methoxy groups -OCH3 is 1. The van der Waals surface area contributed by atoms with Crippen molar-refractivity contribution in [2.24, 2.45) is 4.99 Å². The number of guanidine groups is 1. The SMILES string of the molecule is CN=C(NCc1ccn(-c2ccccc2)n1)NCC(C)(C)OC. The summed E-state index contributed by atoms with van der Waals surface area (Å²) in [4.78, 5) is 4.21.